The maximum atomic E-state index is 8.62. The summed E-state index contributed by atoms with van der Waals surface area (Å²) in [6.45, 7) is 2.65. The lowest BCUT2D eigenvalue weighted by molar-refractivity contribution is 0.341. The van der Waals surface area contributed by atoms with Gasteiger partial charge in [0, 0.05) is 9.58 Å². The average molecular weight is 217 g/mol. The summed E-state index contributed by atoms with van der Waals surface area (Å²) in [5.74, 6) is 0.895. The summed E-state index contributed by atoms with van der Waals surface area (Å²) in [6.07, 6.45) is 0.489. The van der Waals surface area contributed by atoms with Crippen molar-refractivity contribution in [3.8, 4) is 11.8 Å². The van der Waals surface area contributed by atoms with Crippen LogP contribution in [0.3, 0.4) is 0 Å². The molecule has 1 heterocycles. The third kappa shape index (κ3) is 2.11. The predicted molar refractivity (Wildman–Crippen MR) is 62.3 cm³/mol. The first-order valence-electron chi connectivity index (χ1n) is 4.85. The molecule has 0 aliphatic carbocycles. The van der Waals surface area contributed by atoms with Gasteiger partial charge in [-0.1, -0.05) is 0 Å². The van der Waals surface area contributed by atoms with Crippen LogP contribution < -0.4 is 4.74 Å². The Kier molecular flexibility index (Phi) is 2.89. The Morgan fingerprint density at radius 2 is 2.27 bits per heavy atom. The molecule has 0 N–H and O–H groups in total. The summed E-state index contributed by atoms with van der Waals surface area (Å²) in [7, 11) is 0. The molecule has 0 aliphatic heterocycles. The van der Waals surface area contributed by atoms with Crippen LogP contribution in [0.4, 0.5) is 0 Å². The second kappa shape index (κ2) is 4.33. The molecule has 0 fully saturated rings. The molecule has 0 spiro atoms. The molecule has 1 aromatic heterocycles. The average Bonchev–Trinajstić information content (AvgIpc) is 2.60. The Hall–Kier alpha value is -1.53. The largest absolute Gasteiger partial charge is 0.494 e. The fraction of sp³-hybridized carbons (Fsp3) is 0.250. The third-order valence-corrected chi connectivity index (χ3v) is 3.22. The quantitative estimate of drug-likeness (QED) is 0.789. The first-order chi connectivity index (χ1) is 7.33. The predicted octanol–water partition coefficient (Wildman–Crippen LogP) is 3.37. The van der Waals surface area contributed by atoms with Crippen LogP contribution in [0.2, 0.25) is 0 Å². The Balaban J connectivity index is 2.39. The topological polar surface area (TPSA) is 33.0 Å². The molecule has 0 aliphatic rings. The van der Waals surface area contributed by atoms with Gasteiger partial charge in [0.2, 0.25) is 0 Å². The highest BCUT2D eigenvalue weighted by Gasteiger charge is 2.02. The molecule has 0 bridgehead atoms. The van der Waals surface area contributed by atoms with E-state index in [0.29, 0.717) is 13.0 Å². The van der Waals surface area contributed by atoms with Crippen LogP contribution in [-0.4, -0.2) is 6.61 Å². The molecule has 76 valence electrons. The minimum absolute atomic E-state index is 0.489. The van der Waals surface area contributed by atoms with Gasteiger partial charge in [-0.2, -0.15) is 5.26 Å². The van der Waals surface area contributed by atoms with Crippen LogP contribution in [-0.2, 0) is 6.42 Å². The second-order valence-electron chi connectivity index (χ2n) is 3.18. The number of rotatable bonds is 3. The van der Waals surface area contributed by atoms with Crippen LogP contribution in [0.1, 0.15) is 11.8 Å². The van der Waals surface area contributed by atoms with E-state index in [9.17, 15) is 0 Å². The van der Waals surface area contributed by atoms with E-state index in [2.05, 4.69) is 12.1 Å². The molecule has 1 aromatic carbocycles. The number of nitriles is 1. The van der Waals surface area contributed by atoms with Crippen molar-refractivity contribution in [3.63, 3.8) is 0 Å². The molecule has 3 heteroatoms. The Morgan fingerprint density at radius 3 is 3.00 bits per heavy atom. The number of hydrogen-bond donors (Lipinski definition) is 0. The van der Waals surface area contributed by atoms with Crippen LogP contribution in [0.5, 0.6) is 5.75 Å². The van der Waals surface area contributed by atoms with Gasteiger partial charge < -0.3 is 4.74 Å². The van der Waals surface area contributed by atoms with Crippen molar-refractivity contribution in [1.29, 1.82) is 5.26 Å². The van der Waals surface area contributed by atoms with Crippen LogP contribution in [0, 0.1) is 11.3 Å². The molecule has 0 radical (unpaired) electrons. The van der Waals surface area contributed by atoms with Crippen molar-refractivity contribution >= 4 is 21.4 Å². The summed E-state index contributed by atoms with van der Waals surface area (Å²) in [6, 6.07) is 10.3. The first kappa shape index (κ1) is 10.0. The van der Waals surface area contributed by atoms with Crippen LogP contribution >= 0.6 is 11.3 Å². The van der Waals surface area contributed by atoms with Gasteiger partial charge in [0.05, 0.1) is 19.1 Å². The van der Waals surface area contributed by atoms with Crippen molar-refractivity contribution in [1.82, 2.24) is 0 Å². The smallest absolute Gasteiger partial charge is 0.119 e. The summed E-state index contributed by atoms with van der Waals surface area (Å²) >= 11 is 1.67. The summed E-state index contributed by atoms with van der Waals surface area (Å²) in [5, 5.41) is 9.78. The second-order valence-corrected chi connectivity index (χ2v) is 4.35. The van der Waals surface area contributed by atoms with E-state index in [4.69, 9.17) is 10.00 Å². The van der Waals surface area contributed by atoms with Gasteiger partial charge >= 0.3 is 0 Å². The lowest BCUT2D eigenvalue weighted by atomic mass is 10.2. The van der Waals surface area contributed by atoms with Gasteiger partial charge in [-0.05, 0) is 36.6 Å². The highest BCUT2D eigenvalue weighted by Crippen LogP contribution is 2.29. The molecule has 0 atom stereocenters. The van der Waals surface area contributed by atoms with Gasteiger partial charge in [-0.3, -0.25) is 0 Å². The van der Waals surface area contributed by atoms with Crippen molar-refractivity contribution in [2.75, 3.05) is 6.61 Å². The molecule has 0 unspecified atom stereocenters. The zero-order chi connectivity index (χ0) is 10.7. The van der Waals surface area contributed by atoms with E-state index in [1.807, 2.05) is 25.1 Å². The monoisotopic (exact) mass is 217 g/mol. The number of nitrogens with zero attached hydrogens (tertiary/aromatic N) is 1. The molecule has 0 saturated carbocycles. The molecule has 2 aromatic rings. The fourth-order valence-corrected chi connectivity index (χ4v) is 2.47. The number of benzene rings is 1. The van der Waals surface area contributed by atoms with E-state index in [1.165, 1.54) is 4.70 Å². The zero-order valence-electron chi connectivity index (χ0n) is 8.49. The van der Waals surface area contributed by atoms with Crippen LogP contribution in [0.15, 0.2) is 24.3 Å². The third-order valence-electron chi connectivity index (χ3n) is 2.10. The number of hydrogen-bond acceptors (Lipinski definition) is 3. The summed E-state index contributed by atoms with van der Waals surface area (Å²) in [4.78, 5) is 1.11. The van der Waals surface area contributed by atoms with Crippen molar-refractivity contribution in [3.05, 3.63) is 29.1 Å². The molecule has 0 amide bonds. The highest BCUT2D eigenvalue weighted by atomic mass is 32.1. The molecule has 0 saturated heterocycles. The Labute approximate surface area is 92.7 Å². The number of fused-ring (bicyclic) bond motifs is 1. The first-order valence-corrected chi connectivity index (χ1v) is 5.67. The molecule has 2 rings (SSSR count). The normalized spacial score (nSPS) is 10.1. The SMILES string of the molecule is CCOc1ccc2sc(CC#N)cc2c1. The summed E-state index contributed by atoms with van der Waals surface area (Å²) < 4.78 is 6.63. The highest BCUT2D eigenvalue weighted by molar-refractivity contribution is 7.19. The molecule has 2 nitrogen and oxygen atoms in total. The Bertz CT molecular complexity index is 510. The van der Waals surface area contributed by atoms with E-state index >= 15 is 0 Å². The molecular formula is C12H11NOS. The maximum Gasteiger partial charge on any atom is 0.119 e. The van der Waals surface area contributed by atoms with Gasteiger partial charge in [0.1, 0.15) is 5.75 Å². The van der Waals surface area contributed by atoms with Crippen LogP contribution in [0.25, 0.3) is 10.1 Å². The minimum Gasteiger partial charge on any atom is -0.494 e. The zero-order valence-corrected chi connectivity index (χ0v) is 9.30. The van der Waals surface area contributed by atoms with Gasteiger partial charge in [-0.15, -0.1) is 11.3 Å². The van der Waals surface area contributed by atoms with Gasteiger partial charge in [0.25, 0.3) is 0 Å². The fourth-order valence-electron chi connectivity index (χ4n) is 1.50. The minimum atomic E-state index is 0.489. The Morgan fingerprint density at radius 1 is 1.40 bits per heavy atom. The van der Waals surface area contributed by atoms with Crippen molar-refractivity contribution in [2.24, 2.45) is 0 Å². The lowest BCUT2D eigenvalue weighted by Gasteiger charge is -2.01. The molecular weight excluding hydrogens is 206 g/mol. The summed E-state index contributed by atoms with van der Waals surface area (Å²) in [5.41, 5.74) is 0. The van der Waals surface area contributed by atoms with E-state index in [-0.39, 0.29) is 0 Å². The lowest BCUT2D eigenvalue weighted by Crippen LogP contribution is -1.89. The van der Waals surface area contributed by atoms with Gasteiger partial charge in [0.15, 0.2) is 0 Å². The van der Waals surface area contributed by atoms with Gasteiger partial charge in [-0.25, -0.2) is 0 Å². The van der Waals surface area contributed by atoms with Crippen molar-refractivity contribution < 1.29 is 4.74 Å². The van der Waals surface area contributed by atoms with Crippen molar-refractivity contribution in [2.45, 2.75) is 13.3 Å². The molecule has 15 heavy (non-hydrogen) atoms. The maximum absolute atomic E-state index is 8.62. The van der Waals surface area contributed by atoms with E-state index in [0.717, 1.165) is 16.0 Å². The number of ether oxygens (including phenoxy) is 1. The standard InChI is InChI=1S/C12H11NOS/c1-2-14-10-3-4-12-9(7-10)8-11(15-12)5-6-13/h3-4,7-8H,2,5H2,1H3. The van der Waals surface area contributed by atoms with E-state index < -0.39 is 0 Å². The van der Waals surface area contributed by atoms with E-state index in [1.54, 1.807) is 11.3 Å². The number of thiophene rings is 1.